The minimum Gasteiger partial charge on any atom is -0.332 e. The fourth-order valence-corrected chi connectivity index (χ4v) is 4.37. The van der Waals surface area contributed by atoms with Crippen LogP contribution in [0.2, 0.25) is 0 Å². The largest absolute Gasteiger partial charge is 0.332 e. The number of thiazole rings is 1. The third-order valence-corrected chi connectivity index (χ3v) is 6.12. The molecule has 6 heteroatoms. The van der Waals surface area contributed by atoms with Crippen molar-refractivity contribution in [2.75, 3.05) is 20.6 Å². The monoisotopic (exact) mass is 360 g/mol. The summed E-state index contributed by atoms with van der Waals surface area (Å²) in [5.74, 6) is 0.148. The van der Waals surface area contributed by atoms with E-state index >= 15 is 0 Å². The molecule has 3 rings (SSSR count). The molecule has 0 radical (unpaired) electrons. The first-order chi connectivity index (χ1) is 11.5. The molecular formula is C18H22N3OS2+. The van der Waals surface area contributed by atoms with Crippen LogP contribution in [-0.2, 0) is 11.3 Å². The Hall–Kier alpha value is -1.76. The second-order valence-corrected chi connectivity index (χ2v) is 7.98. The van der Waals surface area contributed by atoms with Crippen molar-refractivity contribution in [3.05, 3.63) is 51.7 Å². The summed E-state index contributed by atoms with van der Waals surface area (Å²) in [4.78, 5) is 20.3. The molecule has 1 unspecified atom stereocenters. The zero-order valence-corrected chi connectivity index (χ0v) is 15.8. The molecular weight excluding hydrogens is 338 g/mol. The maximum atomic E-state index is 12.6. The second-order valence-electron chi connectivity index (χ2n) is 6.14. The van der Waals surface area contributed by atoms with E-state index < -0.39 is 0 Å². The lowest BCUT2D eigenvalue weighted by molar-refractivity contribution is -0.885. The number of amides is 1. The van der Waals surface area contributed by atoms with Gasteiger partial charge in [0.1, 0.15) is 11.6 Å². The van der Waals surface area contributed by atoms with Gasteiger partial charge in [0.05, 0.1) is 23.3 Å². The van der Waals surface area contributed by atoms with Gasteiger partial charge in [0.2, 0.25) is 0 Å². The third kappa shape index (κ3) is 3.83. The number of carbonyl (C=O) groups excluding carboxylic acids is 1. The summed E-state index contributed by atoms with van der Waals surface area (Å²) in [6.45, 7) is 3.41. The van der Waals surface area contributed by atoms with Gasteiger partial charge in [-0.05, 0) is 35.9 Å². The van der Waals surface area contributed by atoms with Gasteiger partial charge in [-0.15, -0.1) is 11.3 Å². The number of carbonyl (C=O) groups is 1. The van der Waals surface area contributed by atoms with Crippen molar-refractivity contribution in [2.24, 2.45) is 0 Å². The molecule has 4 nitrogen and oxygen atoms in total. The quantitative estimate of drug-likeness (QED) is 0.734. The van der Waals surface area contributed by atoms with Crippen molar-refractivity contribution in [2.45, 2.75) is 19.5 Å². The van der Waals surface area contributed by atoms with Gasteiger partial charge in [-0.25, -0.2) is 4.98 Å². The highest BCUT2D eigenvalue weighted by molar-refractivity contribution is 7.18. The van der Waals surface area contributed by atoms with Gasteiger partial charge in [0, 0.05) is 12.6 Å². The number of hydrogen-bond acceptors (Lipinski definition) is 4. The van der Waals surface area contributed by atoms with E-state index in [-0.39, 0.29) is 11.9 Å². The molecule has 126 valence electrons. The highest BCUT2D eigenvalue weighted by Gasteiger charge is 2.23. The van der Waals surface area contributed by atoms with Gasteiger partial charge in [0.25, 0.3) is 5.91 Å². The summed E-state index contributed by atoms with van der Waals surface area (Å²) < 4.78 is 1.17. The molecule has 0 aliphatic rings. The standard InChI is InChI=1S/C18H21N3OS2/c1-13(18-19-15-6-4-5-7-16(15)24-18)21(3)17(22)11-20(2)10-14-8-9-23-12-14/h4-9,12-13H,10-11H2,1-3H3/p+1/t13-/m0/s1. The molecule has 0 aliphatic heterocycles. The Labute approximate surface area is 150 Å². The lowest BCUT2D eigenvalue weighted by atomic mass is 10.3. The van der Waals surface area contributed by atoms with Crippen molar-refractivity contribution in [1.82, 2.24) is 9.88 Å². The average molecular weight is 361 g/mol. The number of fused-ring (bicyclic) bond motifs is 1. The number of thiophene rings is 1. The maximum absolute atomic E-state index is 12.6. The molecule has 0 saturated heterocycles. The van der Waals surface area contributed by atoms with Crippen LogP contribution in [0.25, 0.3) is 10.2 Å². The molecule has 1 aromatic carbocycles. The Morgan fingerprint density at radius 1 is 1.33 bits per heavy atom. The number of aromatic nitrogens is 1. The van der Waals surface area contributed by atoms with E-state index in [4.69, 9.17) is 0 Å². The zero-order valence-electron chi connectivity index (χ0n) is 14.2. The first kappa shape index (κ1) is 17.1. The molecule has 2 aromatic heterocycles. The van der Waals surface area contributed by atoms with Crippen LogP contribution in [0.4, 0.5) is 0 Å². The normalized spacial score (nSPS) is 13.8. The number of nitrogens with one attached hydrogen (secondary N) is 1. The molecule has 1 N–H and O–H groups in total. The topological polar surface area (TPSA) is 37.6 Å². The van der Waals surface area contributed by atoms with Crippen molar-refractivity contribution in [3.8, 4) is 0 Å². The SMILES string of the molecule is C[C@@H](c1nc2ccccc2s1)N(C)C(=O)C[NH+](C)Cc1ccsc1. The Bertz CT molecular complexity index is 780. The molecule has 3 aromatic rings. The average Bonchev–Trinajstić information content (AvgIpc) is 3.22. The lowest BCUT2D eigenvalue weighted by Gasteiger charge is -2.24. The predicted molar refractivity (Wildman–Crippen MR) is 101 cm³/mol. The van der Waals surface area contributed by atoms with Crippen molar-refractivity contribution in [3.63, 3.8) is 0 Å². The van der Waals surface area contributed by atoms with E-state index in [1.165, 1.54) is 15.2 Å². The predicted octanol–water partition coefficient (Wildman–Crippen LogP) is 2.59. The number of nitrogens with zero attached hydrogens (tertiary/aromatic N) is 2. The first-order valence-electron chi connectivity index (χ1n) is 7.98. The summed E-state index contributed by atoms with van der Waals surface area (Å²) in [7, 11) is 3.93. The van der Waals surface area contributed by atoms with Gasteiger partial charge in [-0.1, -0.05) is 12.1 Å². The van der Waals surface area contributed by atoms with Crippen LogP contribution in [0.5, 0.6) is 0 Å². The number of para-hydroxylation sites is 1. The summed E-state index contributed by atoms with van der Waals surface area (Å²) >= 11 is 3.36. The molecule has 0 aliphatic carbocycles. The second kappa shape index (κ2) is 7.42. The summed E-state index contributed by atoms with van der Waals surface area (Å²) in [6, 6.07) is 10.2. The van der Waals surface area contributed by atoms with Crippen LogP contribution in [-0.4, -0.2) is 36.4 Å². The molecule has 0 bridgehead atoms. The lowest BCUT2D eigenvalue weighted by Crippen LogP contribution is -3.08. The summed E-state index contributed by atoms with van der Waals surface area (Å²) in [5.41, 5.74) is 2.29. The van der Waals surface area contributed by atoms with Crippen LogP contribution in [0.15, 0.2) is 41.1 Å². The smallest absolute Gasteiger partial charge is 0.278 e. The van der Waals surface area contributed by atoms with E-state index in [0.29, 0.717) is 6.54 Å². The van der Waals surface area contributed by atoms with E-state index in [0.717, 1.165) is 17.1 Å². The first-order valence-corrected chi connectivity index (χ1v) is 9.74. The Balaban J connectivity index is 1.63. The van der Waals surface area contributed by atoms with Crippen LogP contribution >= 0.6 is 22.7 Å². The van der Waals surface area contributed by atoms with E-state index in [1.807, 2.05) is 37.1 Å². The van der Waals surface area contributed by atoms with Crippen molar-refractivity contribution >= 4 is 38.8 Å². The third-order valence-electron chi connectivity index (χ3n) is 4.18. The Kier molecular flexibility index (Phi) is 5.28. The van der Waals surface area contributed by atoms with E-state index in [2.05, 4.69) is 34.9 Å². The fraction of sp³-hybridized carbons (Fsp3) is 0.333. The number of rotatable bonds is 6. The van der Waals surface area contributed by atoms with E-state index in [1.54, 1.807) is 22.7 Å². The van der Waals surface area contributed by atoms with Crippen LogP contribution in [0.1, 0.15) is 23.5 Å². The van der Waals surface area contributed by atoms with Crippen LogP contribution in [0.3, 0.4) is 0 Å². The highest BCUT2D eigenvalue weighted by atomic mass is 32.1. The molecule has 0 spiro atoms. The number of quaternary nitrogens is 1. The van der Waals surface area contributed by atoms with Crippen molar-refractivity contribution < 1.29 is 9.69 Å². The van der Waals surface area contributed by atoms with Gasteiger partial charge < -0.3 is 9.80 Å². The number of benzene rings is 1. The van der Waals surface area contributed by atoms with Crippen molar-refractivity contribution in [1.29, 1.82) is 0 Å². The Morgan fingerprint density at radius 2 is 2.12 bits per heavy atom. The Morgan fingerprint density at radius 3 is 2.83 bits per heavy atom. The molecule has 2 heterocycles. The highest BCUT2D eigenvalue weighted by Crippen LogP contribution is 2.28. The van der Waals surface area contributed by atoms with Crippen LogP contribution < -0.4 is 4.90 Å². The molecule has 2 atom stereocenters. The summed E-state index contributed by atoms with van der Waals surface area (Å²) in [5, 5.41) is 5.20. The van der Waals surface area contributed by atoms with Crippen LogP contribution in [0, 0.1) is 0 Å². The summed E-state index contributed by atoms with van der Waals surface area (Å²) in [6.07, 6.45) is 0. The fourth-order valence-electron chi connectivity index (χ4n) is 2.64. The molecule has 1 amide bonds. The minimum absolute atomic E-state index is 0.0103. The molecule has 0 fully saturated rings. The van der Waals surface area contributed by atoms with Gasteiger partial charge in [-0.2, -0.15) is 11.3 Å². The minimum atomic E-state index is -0.0103. The number of likely N-dealkylation sites (N-methyl/N-ethyl adjacent to an activating group) is 2. The molecule has 0 saturated carbocycles. The van der Waals surface area contributed by atoms with Gasteiger partial charge in [0.15, 0.2) is 6.54 Å². The van der Waals surface area contributed by atoms with Gasteiger partial charge >= 0.3 is 0 Å². The zero-order chi connectivity index (χ0) is 17.1. The van der Waals surface area contributed by atoms with Gasteiger partial charge in [-0.3, -0.25) is 4.79 Å². The molecule has 24 heavy (non-hydrogen) atoms. The maximum Gasteiger partial charge on any atom is 0.278 e. The number of hydrogen-bond donors (Lipinski definition) is 1. The van der Waals surface area contributed by atoms with E-state index in [9.17, 15) is 4.79 Å².